The standard InChI is InChI=1S/C14H12FN3O3S/c1-9-14(8-13(21-9)12-6-7-16-17-12)22(19,20)18-11-4-2-10(15)3-5-11/h2-8,18H,1H3,(H,16,17). The molecule has 0 unspecified atom stereocenters. The SMILES string of the molecule is Cc1oc(-c2ccn[nH]2)cc1S(=O)(=O)Nc1ccc(F)cc1. The molecule has 3 aromatic rings. The first kappa shape index (κ1) is 14.3. The summed E-state index contributed by atoms with van der Waals surface area (Å²) in [6, 6.07) is 8.12. The normalized spacial score (nSPS) is 11.5. The van der Waals surface area contributed by atoms with E-state index in [1.807, 2.05) is 0 Å². The largest absolute Gasteiger partial charge is 0.458 e. The molecule has 8 heteroatoms. The first-order chi connectivity index (χ1) is 10.5. The third-order valence-electron chi connectivity index (χ3n) is 3.02. The molecular weight excluding hydrogens is 309 g/mol. The molecule has 0 radical (unpaired) electrons. The third kappa shape index (κ3) is 2.73. The Morgan fingerprint density at radius 2 is 1.95 bits per heavy atom. The van der Waals surface area contributed by atoms with Gasteiger partial charge in [0.25, 0.3) is 10.0 Å². The van der Waals surface area contributed by atoms with Crippen LogP contribution < -0.4 is 4.72 Å². The maximum atomic E-state index is 12.9. The lowest BCUT2D eigenvalue weighted by Crippen LogP contribution is -2.13. The highest BCUT2D eigenvalue weighted by Gasteiger charge is 2.22. The summed E-state index contributed by atoms with van der Waals surface area (Å²) in [5.41, 5.74) is 0.844. The van der Waals surface area contributed by atoms with Crippen molar-refractivity contribution in [1.82, 2.24) is 10.2 Å². The smallest absolute Gasteiger partial charge is 0.265 e. The Morgan fingerprint density at radius 1 is 1.23 bits per heavy atom. The molecule has 0 aliphatic heterocycles. The summed E-state index contributed by atoms with van der Waals surface area (Å²) < 4.78 is 45.5. The van der Waals surface area contributed by atoms with Crippen LogP contribution in [-0.2, 0) is 10.0 Å². The number of nitrogens with zero attached hydrogens (tertiary/aromatic N) is 1. The fraction of sp³-hybridized carbons (Fsp3) is 0.0714. The maximum Gasteiger partial charge on any atom is 0.265 e. The molecular formula is C14H12FN3O3S. The van der Waals surface area contributed by atoms with Gasteiger partial charge in [-0.1, -0.05) is 0 Å². The van der Waals surface area contributed by atoms with Crippen LogP contribution in [0.1, 0.15) is 5.76 Å². The Bertz CT molecular complexity index is 884. The molecule has 0 saturated heterocycles. The Morgan fingerprint density at radius 3 is 2.59 bits per heavy atom. The van der Waals surface area contributed by atoms with Gasteiger partial charge >= 0.3 is 0 Å². The lowest BCUT2D eigenvalue weighted by molar-refractivity contribution is 0.533. The van der Waals surface area contributed by atoms with Crippen molar-refractivity contribution in [2.24, 2.45) is 0 Å². The van der Waals surface area contributed by atoms with Gasteiger partial charge in [-0.05, 0) is 37.3 Å². The van der Waals surface area contributed by atoms with Gasteiger partial charge in [0.1, 0.15) is 22.2 Å². The van der Waals surface area contributed by atoms with E-state index >= 15 is 0 Å². The minimum atomic E-state index is -3.83. The molecule has 2 aromatic heterocycles. The van der Waals surface area contributed by atoms with E-state index in [0.717, 1.165) is 0 Å². The number of sulfonamides is 1. The van der Waals surface area contributed by atoms with E-state index in [-0.39, 0.29) is 16.3 Å². The number of aromatic nitrogens is 2. The molecule has 1 aromatic carbocycles. The van der Waals surface area contributed by atoms with E-state index in [0.29, 0.717) is 11.5 Å². The van der Waals surface area contributed by atoms with Gasteiger partial charge in [-0.2, -0.15) is 5.10 Å². The maximum absolute atomic E-state index is 12.9. The predicted molar refractivity (Wildman–Crippen MR) is 78.2 cm³/mol. The number of H-pyrrole nitrogens is 1. The molecule has 0 spiro atoms. The number of aromatic amines is 1. The van der Waals surface area contributed by atoms with Gasteiger partial charge in [-0.3, -0.25) is 9.82 Å². The molecule has 6 nitrogen and oxygen atoms in total. The van der Waals surface area contributed by atoms with E-state index < -0.39 is 15.8 Å². The quantitative estimate of drug-likeness (QED) is 0.773. The van der Waals surface area contributed by atoms with E-state index in [4.69, 9.17) is 4.42 Å². The minimum Gasteiger partial charge on any atom is -0.458 e. The Kier molecular flexibility index (Phi) is 3.45. The van der Waals surface area contributed by atoms with Crippen LogP contribution in [0.5, 0.6) is 0 Å². The summed E-state index contributed by atoms with van der Waals surface area (Å²) in [6.07, 6.45) is 1.54. The zero-order valence-electron chi connectivity index (χ0n) is 11.5. The van der Waals surface area contributed by atoms with Crippen molar-refractivity contribution in [1.29, 1.82) is 0 Å². The van der Waals surface area contributed by atoms with Gasteiger partial charge in [0.2, 0.25) is 0 Å². The van der Waals surface area contributed by atoms with Gasteiger partial charge in [-0.25, -0.2) is 12.8 Å². The first-order valence-corrected chi connectivity index (χ1v) is 7.82. The summed E-state index contributed by atoms with van der Waals surface area (Å²) in [4.78, 5) is 0.0152. The first-order valence-electron chi connectivity index (χ1n) is 6.34. The van der Waals surface area contributed by atoms with Crippen LogP contribution in [0.3, 0.4) is 0 Å². The zero-order chi connectivity index (χ0) is 15.7. The molecule has 114 valence electrons. The zero-order valence-corrected chi connectivity index (χ0v) is 12.3. The topological polar surface area (TPSA) is 88.0 Å². The number of halogens is 1. The monoisotopic (exact) mass is 321 g/mol. The lowest BCUT2D eigenvalue weighted by atomic mass is 10.3. The van der Waals surface area contributed by atoms with E-state index in [9.17, 15) is 12.8 Å². The summed E-state index contributed by atoms with van der Waals surface area (Å²) in [5.74, 6) is 0.178. The highest BCUT2D eigenvalue weighted by molar-refractivity contribution is 7.92. The molecule has 0 bridgehead atoms. The molecule has 0 aliphatic rings. The minimum absolute atomic E-state index is 0.0152. The van der Waals surface area contributed by atoms with Crippen LogP contribution in [0.15, 0.2) is 51.9 Å². The number of aryl methyl sites for hydroxylation is 1. The summed E-state index contributed by atoms with van der Waals surface area (Å²) >= 11 is 0. The molecule has 0 amide bonds. The van der Waals surface area contributed by atoms with Crippen molar-refractivity contribution < 1.29 is 17.2 Å². The van der Waals surface area contributed by atoms with Crippen LogP contribution in [0.25, 0.3) is 11.5 Å². The molecule has 22 heavy (non-hydrogen) atoms. The average Bonchev–Trinajstić information content (AvgIpc) is 3.10. The van der Waals surface area contributed by atoms with Crippen molar-refractivity contribution in [3.8, 4) is 11.5 Å². The van der Waals surface area contributed by atoms with Gasteiger partial charge in [0.05, 0.1) is 0 Å². The summed E-state index contributed by atoms with van der Waals surface area (Å²) in [7, 11) is -3.83. The molecule has 0 atom stereocenters. The van der Waals surface area contributed by atoms with Gasteiger partial charge in [-0.15, -0.1) is 0 Å². The molecule has 0 aliphatic carbocycles. The van der Waals surface area contributed by atoms with Crippen LogP contribution in [0.2, 0.25) is 0 Å². The van der Waals surface area contributed by atoms with Crippen LogP contribution in [0, 0.1) is 12.7 Å². The van der Waals surface area contributed by atoms with Crippen LogP contribution in [0.4, 0.5) is 10.1 Å². The fourth-order valence-electron chi connectivity index (χ4n) is 1.99. The Hall–Kier alpha value is -2.61. The predicted octanol–water partition coefficient (Wildman–Crippen LogP) is 2.92. The van der Waals surface area contributed by atoms with Crippen LogP contribution >= 0.6 is 0 Å². The average molecular weight is 321 g/mol. The van der Waals surface area contributed by atoms with E-state index in [1.54, 1.807) is 13.0 Å². The Balaban J connectivity index is 1.94. The number of hydrogen-bond donors (Lipinski definition) is 2. The fourth-order valence-corrected chi connectivity index (χ4v) is 3.22. The number of hydrogen-bond acceptors (Lipinski definition) is 4. The van der Waals surface area contributed by atoms with Crippen molar-refractivity contribution in [2.45, 2.75) is 11.8 Å². The number of furan rings is 1. The number of benzene rings is 1. The van der Waals surface area contributed by atoms with Crippen molar-refractivity contribution in [2.75, 3.05) is 4.72 Å². The molecule has 0 saturated carbocycles. The molecule has 2 heterocycles. The van der Waals surface area contributed by atoms with Gasteiger partial charge in [0.15, 0.2) is 5.76 Å². The lowest BCUT2D eigenvalue weighted by Gasteiger charge is -2.06. The molecule has 3 rings (SSSR count). The van der Waals surface area contributed by atoms with Crippen LogP contribution in [-0.4, -0.2) is 18.6 Å². The van der Waals surface area contributed by atoms with Crippen molar-refractivity contribution in [3.05, 3.63) is 54.2 Å². The van der Waals surface area contributed by atoms with Gasteiger partial charge < -0.3 is 4.42 Å². The second-order valence-electron chi connectivity index (χ2n) is 4.61. The molecule has 2 N–H and O–H groups in total. The van der Waals surface area contributed by atoms with Crippen molar-refractivity contribution >= 4 is 15.7 Å². The number of nitrogens with one attached hydrogen (secondary N) is 2. The second-order valence-corrected chi connectivity index (χ2v) is 6.26. The highest BCUT2D eigenvalue weighted by atomic mass is 32.2. The third-order valence-corrected chi connectivity index (χ3v) is 4.51. The number of rotatable bonds is 4. The van der Waals surface area contributed by atoms with Gasteiger partial charge in [0, 0.05) is 18.0 Å². The summed E-state index contributed by atoms with van der Waals surface area (Å²) in [6.45, 7) is 1.55. The Labute approximate surface area is 126 Å². The van der Waals surface area contributed by atoms with Crippen molar-refractivity contribution in [3.63, 3.8) is 0 Å². The number of anilines is 1. The second kappa shape index (κ2) is 5.30. The molecule has 0 fully saturated rings. The highest BCUT2D eigenvalue weighted by Crippen LogP contribution is 2.28. The van der Waals surface area contributed by atoms with E-state index in [1.165, 1.54) is 36.5 Å². The summed E-state index contributed by atoms with van der Waals surface area (Å²) in [5, 5.41) is 6.49. The van der Waals surface area contributed by atoms with E-state index in [2.05, 4.69) is 14.9 Å².